The van der Waals surface area contributed by atoms with Gasteiger partial charge in [0.2, 0.25) is 0 Å². The minimum Gasteiger partial charge on any atom is -0.357 e. The molecule has 4 rings (SSSR count). The quantitative estimate of drug-likeness (QED) is 0.776. The van der Waals surface area contributed by atoms with Crippen molar-refractivity contribution >= 4 is 0 Å². The molecule has 4 atom stereocenters. The van der Waals surface area contributed by atoms with Gasteiger partial charge in [-0.1, -0.05) is 0 Å². The molecule has 2 aliphatic heterocycles. The number of halogens is 5. The Morgan fingerprint density at radius 1 is 1.22 bits per heavy atom. The normalized spacial score (nSPS) is 29.3. The summed E-state index contributed by atoms with van der Waals surface area (Å²) in [4.78, 5) is 1.66. The van der Waals surface area contributed by atoms with E-state index in [2.05, 4.69) is 5.10 Å². The summed E-state index contributed by atoms with van der Waals surface area (Å²) in [5, 5.41) is 3.01. The Morgan fingerprint density at radius 3 is 2.59 bits per heavy atom. The molecule has 1 aromatic carbocycles. The van der Waals surface area contributed by atoms with E-state index in [1.54, 1.807) is 16.6 Å². The van der Waals surface area contributed by atoms with Gasteiger partial charge in [0.1, 0.15) is 17.7 Å². The molecule has 10 heteroatoms. The molecular formula is C17H19F5N4O. The van der Waals surface area contributed by atoms with Gasteiger partial charge in [0, 0.05) is 37.8 Å². The zero-order valence-electron chi connectivity index (χ0n) is 14.4. The molecule has 3 N–H and O–H groups in total. The van der Waals surface area contributed by atoms with Gasteiger partial charge < -0.3 is 10.5 Å². The molecule has 1 fully saturated rings. The second kappa shape index (κ2) is 6.32. The summed E-state index contributed by atoms with van der Waals surface area (Å²) >= 11 is 0. The van der Waals surface area contributed by atoms with E-state index in [0.29, 0.717) is 13.1 Å². The fourth-order valence-electron chi connectivity index (χ4n) is 4.05. The summed E-state index contributed by atoms with van der Waals surface area (Å²) in [5.74, 6) is -1.60. The second-order valence-corrected chi connectivity index (χ2v) is 7.15. The number of alkyl halides is 3. The summed E-state index contributed by atoms with van der Waals surface area (Å²) in [6, 6.07) is 0.698. The first-order chi connectivity index (χ1) is 12.6. The van der Waals surface area contributed by atoms with Crippen molar-refractivity contribution in [2.75, 3.05) is 0 Å². The Labute approximate surface area is 151 Å². The summed E-state index contributed by atoms with van der Waals surface area (Å²) in [7, 11) is 1.79. The lowest BCUT2D eigenvalue weighted by Crippen LogP contribution is -2.58. The highest BCUT2D eigenvalue weighted by Gasteiger charge is 2.54. The van der Waals surface area contributed by atoms with E-state index in [-0.39, 0.29) is 12.0 Å². The number of hydrogen-bond acceptors (Lipinski definition) is 3. The van der Waals surface area contributed by atoms with Crippen molar-refractivity contribution in [1.29, 1.82) is 0 Å². The molecule has 0 bridgehead atoms. The number of aromatic amines is 1. The van der Waals surface area contributed by atoms with Crippen LogP contribution in [0.2, 0.25) is 0 Å². The number of nitrogens with one attached hydrogen (secondary N) is 1. The van der Waals surface area contributed by atoms with E-state index in [1.807, 2.05) is 0 Å². The molecule has 3 heterocycles. The lowest BCUT2D eigenvalue weighted by atomic mass is 9.89. The van der Waals surface area contributed by atoms with E-state index in [1.165, 1.54) is 0 Å². The topological polar surface area (TPSA) is 59.2 Å². The van der Waals surface area contributed by atoms with Crippen LogP contribution in [0.4, 0.5) is 22.0 Å². The Kier molecular flexibility index (Phi) is 4.32. The van der Waals surface area contributed by atoms with Crippen LogP contribution >= 0.6 is 0 Å². The summed E-state index contributed by atoms with van der Waals surface area (Å²) in [5.41, 5.74) is 7.58. The van der Waals surface area contributed by atoms with Gasteiger partial charge in [-0.3, -0.25) is 14.7 Å². The molecule has 2 aromatic rings. The van der Waals surface area contributed by atoms with Crippen LogP contribution in [0.3, 0.4) is 0 Å². The van der Waals surface area contributed by atoms with Crippen molar-refractivity contribution in [3.8, 4) is 0 Å². The van der Waals surface area contributed by atoms with Gasteiger partial charge in [-0.2, -0.15) is 13.2 Å². The average molecular weight is 390 g/mol. The Hall–Kier alpha value is -1.91. The first-order valence-corrected chi connectivity index (χ1v) is 8.54. The molecule has 0 radical (unpaired) electrons. The molecule has 1 saturated heterocycles. The first kappa shape index (κ1) is 18.5. The van der Waals surface area contributed by atoms with Crippen LogP contribution in [0.5, 0.6) is 0 Å². The molecule has 0 saturated carbocycles. The van der Waals surface area contributed by atoms with E-state index in [4.69, 9.17) is 10.5 Å². The van der Waals surface area contributed by atoms with Crippen LogP contribution in [0.1, 0.15) is 29.5 Å². The zero-order valence-corrected chi connectivity index (χ0v) is 14.4. The van der Waals surface area contributed by atoms with Gasteiger partial charge in [-0.05, 0) is 24.6 Å². The maximum absolute atomic E-state index is 14.1. The molecule has 0 unspecified atom stereocenters. The molecule has 1 aromatic heterocycles. The highest BCUT2D eigenvalue weighted by molar-refractivity contribution is 5.24. The lowest BCUT2D eigenvalue weighted by molar-refractivity contribution is -0.269. The van der Waals surface area contributed by atoms with Crippen molar-refractivity contribution < 1.29 is 26.7 Å². The predicted molar refractivity (Wildman–Crippen MR) is 85.4 cm³/mol. The molecule has 5 nitrogen and oxygen atoms in total. The minimum absolute atomic E-state index is 0.0466. The Balaban J connectivity index is 1.62. The average Bonchev–Trinajstić information content (AvgIpc) is 2.93. The van der Waals surface area contributed by atoms with Crippen LogP contribution in [-0.2, 0) is 24.9 Å². The van der Waals surface area contributed by atoms with Gasteiger partial charge in [0.15, 0.2) is 6.10 Å². The monoisotopic (exact) mass is 390 g/mol. The van der Waals surface area contributed by atoms with Crippen molar-refractivity contribution in [3.05, 3.63) is 46.8 Å². The van der Waals surface area contributed by atoms with Crippen LogP contribution in [0.15, 0.2) is 18.2 Å². The Morgan fingerprint density at radius 2 is 1.96 bits per heavy atom. The maximum atomic E-state index is 14.1. The van der Waals surface area contributed by atoms with Crippen LogP contribution in [0.25, 0.3) is 0 Å². The van der Waals surface area contributed by atoms with Crippen molar-refractivity contribution in [1.82, 2.24) is 14.7 Å². The number of aryl methyl sites for hydroxylation is 1. The van der Waals surface area contributed by atoms with E-state index in [9.17, 15) is 22.0 Å². The van der Waals surface area contributed by atoms with Crippen molar-refractivity contribution in [2.45, 2.75) is 50.0 Å². The smallest absolute Gasteiger partial charge is 0.357 e. The van der Waals surface area contributed by atoms with E-state index < -0.39 is 42.1 Å². The third kappa shape index (κ3) is 3.15. The fourth-order valence-corrected chi connectivity index (χ4v) is 4.05. The molecule has 148 valence electrons. The number of H-pyrrole nitrogens is 1. The van der Waals surface area contributed by atoms with Gasteiger partial charge in [-0.15, -0.1) is 0 Å². The van der Waals surface area contributed by atoms with Gasteiger partial charge in [0.25, 0.3) is 0 Å². The second-order valence-electron chi connectivity index (χ2n) is 7.15. The number of nitrogens with zero attached hydrogens (tertiary/aromatic N) is 2. The third-order valence-electron chi connectivity index (χ3n) is 5.37. The van der Waals surface area contributed by atoms with Gasteiger partial charge >= 0.3 is 6.18 Å². The number of aromatic nitrogens is 2. The van der Waals surface area contributed by atoms with Crippen molar-refractivity contribution in [3.63, 3.8) is 0 Å². The number of rotatable bonds is 2. The number of ether oxygens (including phenoxy) is 1. The summed E-state index contributed by atoms with van der Waals surface area (Å²) in [6.07, 6.45) is -8.23. The maximum Gasteiger partial charge on any atom is 0.416 e. The Bertz CT molecular complexity index is 845. The van der Waals surface area contributed by atoms with E-state index in [0.717, 1.165) is 29.6 Å². The standard InChI is InChI=1S/C17H19F5N4O/c1-25-14-7-26(6-12(14)24-25)13-5-11(23)15(27-16(13)17(20,21)22)9-4-8(18)2-3-10(9)19/h2-4,11,13,15-16,24H,5-7,23H2,1H3/t11-,13+,15+,16-/m0/s1. The highest BCUT2D eigenvalue weighted by Crippen LogP contribution is 2.42. The number of fused-ring (bicyclic) bond motifs is 1. The van der Waals surface area contributed by atoms with Crippen LogP contribution < -0.4 is 5.73 Å². The largest absolute Gasteiger partial charge is 0.416 e. The fraction of sp³-hybridized carbons (Fsp3) is 0.529. The number of nitrogens with two attached hydrogens (primary N) is 1. The van der Waals surface area contributed by atoms with Crippen molar-refractivity contribution in [2.24, 2.45) is 12.8 Å². The SMILES string of the molecule is Cn1[nH]c2c1CN([C@@H]1C[C@H](N)[C@@H](c3cc(F)ccc3F)O[C@@H]1C(F)(F)F)C2. The molecular weight excluding hydrogens is 371 g/mol. The third-order valence-corrected chi connectivity index (χ3v) is 5.37. The summed E-state index contributed by atoms with van der Waals surface area (Å²) in [6.45, 7) is 0.692. The predicted octanol–water partition coefficient (Wildman–Crippen LogP) is 2.74. The first-order valence-electron chi connectivity index (χ1n) is 8.54. The van der Waals surface area contributed by atoms with Crippen LogP contribution in [0, 0.1) is 11.6 Å². The van der Waals surface area contributed by atoms with Crippen LogP contribution in [-0.4, -0.2) is 39.0 Å². The molecule has 2 aliphatic rings. The lowest BCUT2D eigenvalue weighted by Gasteiger charge is -2.44. The number of benzene rings is 1. The molecule has 0 amide bonds. The zero-order chi connectivity index (χ0) is 19.5. The highest BCUT2D eigenvalue weighted by atomic mass is 19.4. The van der Waals surface area contributed by atoms with Gasteiger partial charge in [0.05, 0.1) is 11.4 Å². The van der Waals surface area contributed by atoms with E-state index >= 15 is 0 Å². The molecule has 0 spiro atoms. The molecule has 27 heavy (non-hydrogen) atoms. The minimum atomic E-state index is -4.66. The molecule has 0 aliphatic carbocycles. The summed E-state index contributed by atoms with van der Waals surface area (Å²) < 4.78 is 75.8. The number of hydrogen-bond donors (Lipinski definition) is 2. The van der Waals surface area contributed by atoms with Gasteiger partial charge in [-0.25, -0.2) is 8.78 Å².